The molecular formula is C20H22N6OS. The van der Waals surface area contributed by atoms with Crippen molar-refractivity contribution >= 4 is 34.0 Å². The lowest BCUT2D eigenvalue weighted by Crippen LogP contribution is -2.38. The highest BCUT2D eigenvalue weighted by Gasteiger charge is 2.24. The van der Waals surface area contributed by atoms with Crippen LogP contribution in [-0.2, 0) is 4.79 Å². The van der Waals surface area contributed by atoms with Gasteiger partial charge in [-0.15, -0.1) is 11.3 Å². The predicted molar refractivity (Wildman–Crippen MR) is 112 cm³/mol. The molecule has 3 heterocycles. The second kappa shape index (κ2) is 7.93. The van der Waals surface area contributed by atoms with Crippen LogP contribution in [0.15, 0.2) is 41.9 Å². The van der Waals surface area contributed by atoms with Crippen molar-refractivity contribution in [2.75, 3.05) is 23.3 Å². The van der Waals surface area contributed by atoms with E-state index in [0.29, 0.717) is 5.95 Å². The van der Waals surface area contributed by atoms with Crippen molar-refractivity contribution in [2.45, 2.75) is 19.8 Å². The fourth-order valence-corrected chi connectivity index (χ4v) is 4.18. The lowest BCUT2D eigenvalue weighted by atomic mass is 9.97. The van der Waals surface area contributed by atoms with Gasteiger partial charge in [-0.25, -0.2) is 15.0 Å². The number of anilines is 3. The van der Waals surface area contributed by atoms with Crippen molar-refractivity contribution in [1.29, 1.82) is 0 Å². The molecule has 1 aliphatic heterocycles. The van der Waals surface area contributed by atoms with E-state index in [9.17, 15) is 4.79 Å². The van der Waals surface area contributed by atoms with Gasteiger partial charge in [0.15, 0.2) is 5.13 Å². The van der Waals surface area contributed by atoms with Crippen molar-refractivity contribution in [3.8, 4) is 11.3 Å². The van der Waals surface area contributed by atoms with E-state index < -0.39 is 0 Å². The molecule has 4 rings (SSSR count). The third-order valence-corrected chi connectivity index (χ3v) is 5.77. The number of benzene rings is 1. The van der Waals surface area contributed by atoms with Crippen molar-refractivity contribution < 1.29 is 4.79 Å². The normalized spacial score (nSPS) is 14.8. The first-order chi connectivity index (χ1) is 13.6. The van der Waals surface area contributed by atoms with E-state index in [1.165, 1.54) is 0 Å². The summed E-state index contributed by atoms with van der Waals surface area (Å²) in [6, 6.07) is 9.93. The van der Waals surface area contributed by atoms with E-state index in [2.05, 4.69) is 25.6 Å². The van der Waals surface area contributed by atoms with Crippen LogP contribution in [-0.4, -0.2) is 33.9 Å². The minimum absolute atomic E-state index is 0.0118. The molecule has 0 radical (unpaired) electrons. The molecule has 1 saturated heterocycles. The van der Waals surface area contributed by atoms with Crippen LogP contribution in [0, 0.1) is 12.8 Å². The number of amides is 1. The van der Waals surface area contributed by atoms with Crippen LogP contribution in [0.25, 0.3) is 11.3 Å². The monoisotopic (exact) mass is 394 g/mol. The number of hydrogen-bond donors (Lipinski definition) is 2. The largest absolute Gasteiger partial charge is 0.369 e. The number of hydrogen-bond acceptors (Lipinski definition) is 7. The molecule has 0 bridgehead atoms. The lowest BCUT2D eigenvalue weighted by molar-refractivity contribution is -0.122. The molecule has 144 valence electrons. The van der Waals surface area contributed by atoms with Gasteiger partial charge in [-0.05, 0) is 38.0 Å². The molecule has 0 saturated carbocycles. The first kappa shape index (κ1) is 18.4. The highest BCUT2D eigenvalue weighted by atomic mass is 32.1. The first-order valence-electron chi connectivity index (χ1n) is 9.25. The Balaban J connectivity index is 1.47. The third kappa shape index (κ3) is 4.12. The second-order valence-corrected chi connectivity index (χ2v) is 7.74. The third-order valence-electron chi connectivity index (χ3n) is 4.87. The average Bonchev–Trinajstić information content (AvgIpc) is 3.19. The molecule has 0 atom stereocenters. The van der Waals surface area contributed by atoms with Crippen molar-refractivity contribution in [3.63, 3.8) is 0 Å². The van der Waals surface area contributed by atoms with Crippen LogP contribution in [0.4, 0.5) is 16.8 Å². The Morgan fingerprint density at radius 1 is 1.25 bits per heavy atom. The maximum Gasteiger partial charge on any atom is 0.227 e. The number of rotatable bonds is 5. The van der Waals surface area contributed by atoms with Gasteiger partial charge in [-0.3, -0.25) is 4.79 Å². The molecule has 1 aliphatic rings. The molecule has 8 heteroatoms. The smallest absolute Gasteiger partial charge is 0.227 e. The maximum absolute atomic E-state index is 11.3. The quantitative estimate of drug-likeness (QED) is 0.689. The zero-order valence-corrected chi connectivity index (χ0v) is 16.4. The summed E-state index contributed by atoms with van der Waals surface area (Å²) in [5.41, 5.74) is 9.23. The Morgan fingerprint density at radius 2 is 2.07 bits per heavy atom. The molecule has 28 heavy (non-hydrogen) atoms. The minimum Gasteiger partial charge on any atom is -0.369 e. The van der Waals surface area contributed by atoms with E-state index in [1.807, 2.05) is 37.3 Å². The highest BCUT2D eigenvalue weighted by molar-refractivity contribution is 7.14. The molecule has 2 aromatic heterocycles. The molecule has 0 aliphatic carbocycles. The first-order valence-corrected chi connectivity index (χ1v) is 10.1. The predicted octanol–water partition coefficient (Wildman–Crippen LogP) is 3.35. The molecular weight excluding hydrogens is 372 g/mol. The zero-order valence-electron chi connectivity index (χ0n) is 15.6. The summed E-state index contributed by atoms with van der Waals surface area (Å²) in [5.74, 6) is 0.372. The van der Waals surface area contributed by atoms with Gasteiger partial charge < -0.3 is 16.0 Å². The molecule has 3 N–H and O–H groups in total. The van der Waals surface area contributed by atoms with Gasteiger partial charge in [0.1, 0.15) is 0 Å². The van der Waals surface area contributed by atoms with Crippen LogP contribution in [0.1, 0.15) is 18.5 Å². The Bertz CT molecular complexity index is 980. The van der Waals surface area contributed by atoms with E-state index in [4.69, 9.17) is 10.7 Å². The van der Waals surface area contributed by atoms with Crippen molar-refractivity contribution in [3.05, 3.63) is 47.6 Å². The number of nitrogens with one attached hydrogen (secondary N) is 1. The van der Waals surface area contributed by atoms with Gasteiger partial charge in [-0.2, -0.15) is 0 Å². The summed E-state index contributed by atoms with van der Waals surface area (Å²) in [6.45, 7) is 3.56. The summed E-state index contributed by atoms with van der Waals surface area (Å²) in [7, 11) is 0. The summed E-state index contributed by atoms with van der Waals surface area (Å²) in [5, 5.41) is 6.29. The number of piperidine rings is 1. The van der Waals surface area contributed by atoms with Gasteiger partial charge in [0, 0.05) is 47.5 Å². The Hall–Kier alpha value is -3.00. The maximum atomic E-state index is 11.3. The number of carbonyl (C=O) groups is 1. The molecule has 7 nitrogen and oxygen atoms in total. The number of carbonyl (C=O) groups excluding carboxylic acids is 1. The fourth-order valence-electron chi connectivity index (χ4n) is 3.29. The minimum atomic E-state index is -0.193. The lowest BCUT2D eigenvalue weighted by Gasteiger charge is -2.30. The van der Waals surface area contributed by atoms with Crippen LogP contribution >= 0.6 is 11.3 Å². The zero-order chi connectivity index (χ0) is 19.5. The Labute approximate surface area is 167 Å². The van der Waals surface area contributed by atoms with E-state index in [1.54, 1.807) is 17.5 Å². The molecule has 1 amide bonds. The van der Waals surface area contributed by atoms with Gasteiger partial charge in [0.05, 0.1) is 5.69 Å². The summed E-state index contributed by atoms with van der Waals surface area (Å²) in [6.07, 6.45) is 3.32. The number of nitrogens with two attached hydrogens (primary N) is 1. The van der Waals surface area contributed by atoms with Crippen molar-refractivity contribution in [1.82, 2.24) is 15.0 Å². The van der Waals surface area contributed by atoms with E-state index >= 15 is 0 Å². The SMILES string of the molecule is Cc1ccnc(Nc2cccc(-c3csc(N4CCC(C(N)=O)CC4)n3)c2)n1. The number of nitrogens with zero attached hydrogens (tertiary/aromatic N) is 4. The fraction of sp³-hybridized carbons (Fsp3) is 0.300. The summed E-state index contributed by atoms with van der Waals surface area (Å²) in [4.78, 5) is 27.0. The van der Waals surface area contributed by atoms with Crippen LogP contribution in [0.3, 0.4) is 0 Å². The number of aromatic nitrogens is 3. The molecule has 0 spiro atoms. The molecule has 1 aromatic carbocycles. The Morgan fingerprint density at radius 3 is 2.82 bits per heavy atom. The van der Waals surface area contributed by atoms with Crippen LogP contribution < -0.4 is 16.0 Å². The van der Waals surface area contributed by atoms with Gasteiger partial charge in [0.25, 0.3) is 0 Å². The average molecular weight is 395 g/mol. The highest BCUT2D eigenvalue weighted by Crippen LogP contribution is 2.31. The molecule has 0 unspecified atom stereocenters. The van der Waals surface area contributed by atoms with Crippen LogP contribution in [0.5, 0.6) is 0 Å². The molecule has 1 fully saturated rings. The standard InChI is InChI=1S/C20H22N6OS/c1-13-5-8-22-19(23-13)24-16-4-2-3-15(11-16)17-12-28-20(25-17)26-9-6-14(7-10-26)18(21)27/h2-5,8,11-12,14H,6-7,9-10H2,1H3,(H2,21,27)(H,22,23,24). The van der Waals surface area contributed by atoms with Crippen molar-refractivity contribution in [2.24, 2.45) is 11.7 Å². The molecule has 3 aromatic rings. The van der Waals surface area contributed by atoms with Gasteiger partial charge in [0.2, 0.25) is 11.9 Å². The summed E-state index contributed by atoms with van der Waals surface area (Å²) < 4.78 is 0. The van der Waals surface area contributed by atoms with Gasteiger partial charge in [-0.1, -0.05) is 12.1 Å². The summed E-state index contributed by atoms with van der Waals surface area (Å²) >= 11 is 1.63. The van der Waals surface area contributed by atoms with E-state index in [-0.39, 0.29) is 11.8 Å². The van der Waals surface area contributed by atoms with E-state index in [0.717, 1.165) is 53.7 Å². The number of primary amides is 1. The Kier molecular flexibility index (Phi) is 5.21. The second-order valence-electron chi connectivity index (χ2n) is 6.91. The van der Waals surface area contributed by atoms with Gasteiger partial charge >= 0.3 is 0 Å². The number of thiazole rings is 1. The van der Waals surface area contributed by atoms with Crippen LogP contribution in [0.2, 0.25) is 0 Å². The number of aryl methyl sites for hydroxylation is 1. The topological polar surface area (TPSA) is 97.0 Å².